The van der Waals surface area contributed by atoms with Gasteiger partial charge < -0.3 is 23.4 Å². The van der Waals surface area contributed by atoms with E-state index >= 15 is 0 Å². The third kappa shape index (κ3) is 5.56. The summed E-state index contributed by atoms with van der Waals surface area (Å²) in [5, 5.41) is 0. The SMILES string of the molecule is COc1cc(/C=C/c2cc(OC(C)C)cc(=O)o2)cc(OC)c1OC1CCCC1. The van der Waals surface area contributed by atoms with E-state index in [2.05, 4.69) is 0 Å². The molecule has 1 heterocycles. The summed E-state index contributed by atoms with van der Waals surface area (Å²) in [5.74, 6) is 2.71. The third-order valence-electron chi connectivity index (χ3n) is 4.64. The smallest absolute Gasteiger partial charge is 0.339 e. The molecule has 1 fully saturated rings. The van der Waals surface area contributed by atoms with Crippen LogP contribution in [0.25, 0.3) is 12.2 Å². The first kappa shape index (κ1) is 20.8. The fourth-order valence-corrected chi connectivity index (χ4v) is 3.36. The van der Waals surface area contributed by atoms with Crippen LogP contribution in [0, 0.1) is 0 Å². The molecule has 156 valence electrons. The van der Waals surface area contributed by atoms with Crippen molar-refractivity contribution in [3.63, 3.8) is 0 Å². The summed E-state index contributed by atoms with van der Waals surface area (Å²) in [6.45, 7) is 3.80. The molecule has 3 rings (SSSR count). The summed E-state index contributed by atoms with van der Waals surface area (Å²) >= 11 is 0. The lowest BCUT2D eigenvalue weighted by molar-refractivity contribution is 0.191. The van der Waals surface area contributed by atoms with Crippen molar-refractivity contribution in [3.05, 3.63) is 46.0 Å². The lowest BCUT2D eigenvalue weighted by Gasteiger charge is -2.19. The summed E-state index contributed by atoms with van der Waals surface area (Å²) in [4.78, 5) is 11.8. The molecule has 1 aliphatic rings. The Morgan fingerprint density at radius 3 is 2.24 bits per heavy atom. The van der Waals surface area contributed by atoms with Gasteiger partial charge >= 0.3 is 5.63 Å². The second-order valence-electron chi connectivity index (χ2n) is 7.29. The molecule has 0 atom stereocenters. The van der Waals surface area contributed by atoms with Gasteiger partial charge in [0.05, 0.1) is 32.5 Å². The Hall–Kier alpha value is -2.89. The minimum atomic E-state index is -0.460. The average Bonchev–Trinajstić information content (AvgIpc) is 3.19. The quantitative estimate of drug-likeness (QED) is 0.625. The fraction of sp³-hybridized carbons (Fsp3) is 0.435. The van der Waals surface area contributed by atoms with Gasteiger partial charge in [-0.3, -0.25) is 0 Å². The number of hydrogen-bond acceptors (Lipinski definition) is 6. The first-order valence-corrected chi connectivity index (χ1v) is 9.91. The van der Waals surface area contributed by atoms with Crippen LogP contribution in [0.5, 0.6) is 23.0 Å². The Bertz CT molecular complexity index is 881. The standard InChI is InChI=1S/C23H28O6/c1-15(2)27-19-13-18(28-22(24)14-19)10-9-16-11-20(25-3)23(21(12-16)26-4)29-17-7-5-6-8-17/h9-15,17H,5-8H2,1-4H3/b10-9+. The van der Waals surface area contributed by atoms with Crippen LogP contribution in [0.15, 0.2) is 33.5 Å². The van der Waals surface area contributed by atoms with Crippen LogP contribution in [0.2, 0.25) is 0 Å². The maximum atomic E-state index is 11.8. The molecule has 1 aliphatic carbocycles. The van der Waals surface area contributed by atoms with Gasteiger partial charge in [-0.2, -0.15) is 0 Å². The van der Waals surface area contributed by atoms with Crippen LogP contribution in [-0.2, 0) is 0 Å². The van der Waals surface area contributed by atoms with Gasteiger partial charge in [0.25, 0.3) is 0 Å². The lowest BCUT2D eigenvalue weighted by atomic mass is 10.1. The Kier molecular flexibility index (Phi) is 6.86. The first-order valence-electron chi connectivity index (χ1n) is 9.91. The highest BCUT2D eigenvalue weighted by atomic mass is 16.5. The van der Waals surface area contributed by atoms with Crippen LogP contribution >= 0.6 is 0 Å². The number of methoxy groups -OCH3 is 2. The van der Waals surface area contributed by atoms with Crippen molar-refractivity contribution in [2.24, 2.45) is 0 Å². The van der Waals surface area contributed by atoms with E-state index in [1.54, 1.807) is 26.4 Å². The van der Waals surface area contributed by atoms with Gasteiger partial charge in [0, 0.05) is 6.07 Å². The molecule has 0 radical (unpaired) electrons. The first-order chi connectivity index (χ1) is 14.0. The van der Waals surface area contributed by atoms with Crippen LogP contribution in [0.1, 0.15) is 50.9 Å². The van der Waals surface area contributed by atoms with Gasteiger partial charge in [-0.25, -0.2) is 4.79 Å². The van der Waals surface area contributed by atoms with Crippen LogP contribution < -0.4 is 24.6 Å². The van der Waals surface area contributed by atoms with Crippen molar-refractivity contribution in [3.8, 4) is 23.0 Å². The number of ether oxygens (including phenoxy) is 4. The molecule has 0 N–H and O–H groups in total. The van der Waals surface area contributed by atoms with Gasteiger partial charge in [-0.1, -0.05) is 6.08 Å². The molecule has 6 heteroatoms. The van der Waals surface area contributed by atoms with E-state index in [4.69, 9.17) is 23.4 Å². The highest BCUT2D eigenvalue weighted by Gasteiger charge is 2.21. The number of hydrogen-bond donors (Lipinski definition) is 0. The molecule has 0 aliphatic heterocycles. The van der Waals surface area contributed by atoms with Crippen LogP contribution in [-0.4, -0.2) is 26.4 Å². The Morgan fingerprint density at radius 2 is 1.66 bits per heavy atom. The van der Waals surface area contributed by atoms with Crippen molar-refractivity contribution in [1.82, 2.24) is 0 Å². The Morgan fingerprint density at radius 1 is 1.00 bits per heavy atom. The molecule has 29 heavy (non-hydrogen) atoms. The summed E-state index contributed by atoms with van der Waals surface area (Å²) < 4.78 is 28.1. The minimum absolute atomic E-state index is 0.0328. The predicted molar refractivity (Wildman–Crippen MR) is 112 cm³/mol. The summed E-state index contributed by atoms with van der Waals surface area (Å²) in [7, 11) is 3.21. The van der Waals surface area contributed by atoms with Crippen molar-refractivity contribution in [2.75, 3.05) is 14.2 Å². The average molecular weight is 400 g/mol. The van der Waals surface area contributed by atoms with E-state index in [0.29, 0.717) is 28.8 Å². The summed E-state index contributed by atoms with van der Waals surface area (Å²) in [6, 6.07) is 6.76. The maximum Gasteiger partial charge on any atom is 0.339 e. The lowest BCUT2D eigenvalue weighted by Crippen LogP contribution is -2.12. The Labute approximate surface area is 171 Å². The molecule has 1 aromatic carbocycles. The predicted octanol–water partition coefficient (Wildman–Crippen LogP) is 4.94. The molecule has 0 bridgehead atoms. The second-order valence-corrected chi connectivity index (χ2v) is 7.29. The molecule has 6 nitrogen and oxygen atoms in total. The highest BCUT2D eigenvalue weighted by molar-refractivity contribution is 5.71. The van der Waals surface area contributed by atoms with E-state index in [0.717, 1.165) is 18.4 Å². The van der Waals surface area contributed by atoms with Crippen LogP contribution in [0.3, 0.4) is 0 Å². The largest absolute Gasteiger partial charge is 0.493 e. The van der Waals surface area contributed by atoms with E-state index in [-0.39, 0.29) is 12.2 Å². The molecular weight excluding hydrogens is 372 g/mol. The molecule has 0 saturated heterocycles. The van der Waals surface area contributed by atoms with Gasteiger partial charge in [-0.15, -0.1) is 0 Å². The topological polar surface area (TPSA) is 67.1 Å². The summed E-state index contributed by atoms with van der Waals surface area (Å²) in [5.41, 5.74) is 0.369. The van der Waals surface area contributed by atoms with E-state index < -0.39 is 5.63 Å². The van der Waals surface area contributed by atoms with Crippen molar-refractivity contribution >= 4 is 12.2 Å². The summed E-state index contributed by atoms with van der Waals surface area (Å²) in [6.07, 6.45) is 8.14. The maximum absolute atomic E-state index is 11.8. The highest BCUT2D eigenvalue weighted by Crippen LogP contribution is 2.41. The Balaban J connectivity index is 1.87. The minimum Gasteiger partial charge on any atom is -0.493 e. The van der Waals surface area contributed by atoms with Crippen molar-refractivity contribution < 1.29 is 23.4 Å². The van der Waals surface area contributed by atoms with Crippen molar-refractivity contribution in [2.45, 2.75) is 51.7 Å². The number of rotatable bonds is 8. The number of benzene rings is 1. The van der Waals surface area contributed by atoms with Crippen molar-refractivity contribution in [1.29, 1.82) is 0 Å². The van der Waals surface area contributed by atoms with Crippen LogP contribution in [0.4, 0.5) is 0 Å². The molecule has 0 spiro atoms. The van der Waals surface area contributed by atoms with E-state index in [9.17, 15) is 4.79 Å². The van der Waals surface area contributed by atoms with Gasteiger partial charge in [0.2, 0.25) is 5.75 Å². The fourth-order valence-electron chi connectivity index (χ4n) is 3.36. The molecule has 1 saturated carbocycles. The van der Waals surface area contributed by atoms with E-state index in [1.165, 1.54) is 18.9 Å². The van der Waals surface area contributed by atoms with Gasteiger partial charge in [0.1, 0.15) is 11.5 Å². The third-order valence-corrected chi connectivity index (χ3v) is 4.64. The zero-order chi connectivity index (χ0) is 20.8. The molecule has 2 aromatic rings. The molecule has 1 aromatic heterocycles. The molecular formula is C23H28O6. The second kappa shape index (κ2) is 9.54. The van der Waals surface area contributed by atoms with Gasteiger partial charge in [0.15, 0.2) is 11.5 Å². The normalized spacial score (nSPS) is 14.5. The monoisotopic (exact) mass is 400 g/mol. The molecule has 0 unspecified atom stereocenters. The zero-order valence-corrected chi connectivity index (χ0v) is 17.4. The van der Waals surface area contributed by atoms with E-state index in [1.807, 2.05) is 32.1 Å². The zero-order valence-electron chi connectivity index (χ0n) is 17.4. The molecule has 0 amide bonds. The van der Waals surface area contributed by atoms with Gasteiger partial charge in [-0.05, 0) is 63.3 Å².